The topological polar surface area (TPSA) is 29.3 Å². The van der Waals surface area contributed by atoms with Gasteiger partial charge in [0.25, 0.3) is 0 Å². The van der Waals surface area contributed by atoms with Gasteiger partial charge in [0.2, 0.25) is 0 Å². The first kappa shape index (κ1) is 15.0. The van der Waals surface area contributed by atoms with Crippen molar-refractivity contribution in [2.24, 2.45) is 5.73 Å². The first-order chi connectivity index (χ1) is 9.47. The van der Waals surface area contributed by atoms with Gasteiger partial charge in [-0.25, -0.2) is 4.39 Å². The SMILES string of the molecule is C[C@H](N)c1cc(F)ccc1N(C)Cc1ccc(Br)cc1. The molecule has 106 valence electrons. The summed E-state index contributed by atoms with van der Waals surface area (Å²) in [7, 11) is 1.99. The molecule has 0 fully saturated rings. The lowest BCUT2D eigenvalue weighted by Crippen LogP contribution is -2.20. The van der Waals surface area contributed by atoms with Crippen molar-refractivity contribution in [2.45, 2.75) is 19.5 Å². The van der Waals surface area contributed by atoms with Crippen molar-refractivity contribution in [3.8, 4) is 0 Å². The van der Waals surface area contributed by atoms with Crippen LogP contribution >= 0.6 is 15.9 Å². The molecule has 0 radical (unpaired) electrons. The lowest BCUT2D eigenvalue weighted by atomic mass is 10.1. The Balaban J connectivity index is 2.24. The molecule has 2 nitrogen and oxygen atoms in total. The third kappa shape index (κ3) is 3.58. The number of rotatable bonds is 4. The summed E-state index contributed by atoms with van der Waals surface area (Å²) < 4.78 is 14.4. The summed E-state index contributed by atoms with van der Waals surface area (Å²) in [5.74, 6) is -0.252. The average Bonchev–Trinajstić information content (AvgIpc) is 2.41. The van der Waals surface area contributed by atoms with Crippen LogP contribution in [0.3, 0.4) is 0 Å². The Kier molecular flexibility index (Phi) is 4.78. The van der Waals surface area contributed by atoms with E-state index in [0.717, 1.165) is 22.3 Å². The van der Waals surface area contributed by atoms with Crippen LogP contribution in [0.4, 0.5) is 10.1 Å². The molecule has 2 aromatic carbocycles. The molecule has 0 heterocycles. The molecule has 0 aliphatic carbocycles. The maximum atomic E-state index is 13.4. The molecule has 0 aliphatic rings. The second kappa shape index (κ2) is 6.37. The van der Waals surface area contributed by atoms with Crippen LogP contribution in [0.25, 0.3) is 0 Å². The lowest BCUT2D eigenvalue weighted by molar-refractivity contribution is 0.622. The van der Waals surface area contributed by atoms with Gasteiger partial charge in [0.05, 0.1) is 0 Å². The zero-order chi connectivity index (χ0) is 14.7. The summed E-state index contributed by atoms with van der Waals surface area (Å²) in [6.45, 7) is 2.62. The zero-order valence-corrected chi connectivity index (χ0v) is 13.2. The monoisotopic (exact) mass is 336 g/mol. The molecular weight excluding hydrogens is 319 g/mol. The summed E-state index contributed by atoms with van der Waals surface area (Å²) >= 11 is 3.42. The molecule has 2 aromatic rings. The molecule has 1 atom stereocenters. The Morgan fingerprint density at radius 1 is 1.20 bits per heavy atom. The van der Waals surface area contributed by atoms with Crippen LogP contribution < -0.4 is 10.6 Å². The fraction of sp³-hybridized carbons (Fsp3) is 0.250. The van der Waals surface area contributed by atoms with Crippen LogP contribution in [0.1, 0.15) is 24.1 Å². The van der Waals surface area contributed by atoms with Crippen molar-refractivity contribution in [1.82, 2.24) is 0 Å². The second-order valence-electron chi connectivity index (χ2n) is 4.97. The number of anilines is 1. The van der Waals surface area contributed by atoms with Crippen LogP contribution in [0.15, 0.2) is 46.9 Å². The molecule has 0 unspecified atom stereocenters. The maximum absolute atomic E-state index is 13.4. The summed E-state index contributed by atoms with van der Waals surface area (Å²) in [5.41, 5.74) is 8.91. The van der Waals surface area contributed by atoms with Gasteiger partial charge in [-0.1, -0.05) is 28.1 Å². The summed E-state index contributed by atoms with van der Waals surface area (Å²) in [5, 5.41) is 0. The van der Waals surface area contributed by atoms with Gasteiger partial charge in [-0.2, -0.15) is 0 Å². The fourth-order valence-corrected chi connectivity index (χ4v) is 2.45. The van der Waals surface area contributed by atoms with E-state index in [2.05, 4.69) is 33.0 Å². The molecule has 4 heteroatoms. The van der Waals surface area contributed by atoms with Crippen LogP contribution in [-0.4, -0.2) is 7.05 Å². The van der Waals surface area contributed by atoms with E-state index in [1.165, 1.54) is 17.7 Å². The fourth-order valence-electron chi connectivity index (χ4n) is 2.19. The number of halogens is 2. The Morgan fingerprint density at radius 2 is 1.85 bits per heavy atom. The molecular formula is C16H18BrFN2. The molecule has 0 amide bonds. The number of benzene rings is 2. The minimum atomic E-state index is -0.252. The minimum Gasteiger partial charge on any atom is -0.370 e. The number of nitrogens with two attached hydrogens (primary N) is 1. The number of nitrogens with zero attached hydrogens (tertiary/aromatic N) is 1. The summed E-state index contributed by atoms with van der Waals surface area (Å²) in [4.78, 5) is 2.08. The molecule has 0 saturated heterocycles. The van der Waals surface area contributed by atoms with E-state index in [4.69, 9.17) is 5.73 Å². The van der Waals surface area contributed by atoms with Crippen molar-refractivity contribution < 1.29 is 4.39 Å². The predicted octanol–water partition coefficient (Wildman–Crippen LogP) is 4.24. The van der Waals surface area contributed by atoms with Crippen molar-refractivity contribution in [1.29, 1.82) is 0 Å². The summed E-state index contributed by atoms with van der Waals surface area (Å²) in [6.07, 6.45) is 0. The van der Waals surface area contributed by atoms with E-state index in [1.54, 1.807) is 6.07 Å². The Labute approximate surface area is 127 Å². The predicted molar refractivity (Wildman–Crippen MR) is 85.3 cm³/mol. The third-order valence-corrected chi connectivity index (χ3v) is 3.75. The Morgan fingerprint density at radius 3 is 2.45 bits per heavy atom. The van der Waals surface area contributed by atoms with Gasteiger partial charge in [-0.15, -0.1) is 0 Å². The van der Waals surface area contributed by atoms with Gasteiger partial charge in [-0.3, -0.25) is 0 Å². The lowest BCUT2D eigenvalue weighted by Gasteiger charge is -2.24. The largest absolute Gasteiger partial charge is 0.370 e. The van der Waals surface area contributed by atoms with E-state index < -0.39 is 0 Å². The average molecular weight is 337 g/mol. The number of hydrogen-bond acceptors (Lipinski definition) is 2. The van der Waals surface area contributed by atoms with Crippen molar-refractivity contribution >= 4 is 21.6 Å². The maximum Gasteiger partial charge on any atom is 0.123 e. The molecule has 0 saturated carbocycles. The van der Waals surface area contributed by atoms with Crippen LogP contribution in [0.5, 0.6) is 0 Å². The molecule has 2 rings (SSSR count). The molecule has 20 heavy (non-hydrogen) atoms. The molecule has 0 bridgehead atoms. The smallest absolute Gasteiger partial charge is 0.123 e. The first-order valence-corrected chi connectivity index (χ1v) is 7.27. The van der Waals surface area contributed by atoms with E-state index >= 15 is 0 Å². The molecule has 0 aromatic heterocycles. The van der Waals surface area contributed by atoms with E-state index in [-0.39, 0.29) is 11.9 Å². The zero-order valence-electron chi connectivity index (χ0n) is 11.6. The van der Waals surface area contributed by atoms with Gasteiger partial charge in [-0.05, 0) is 48.4 Å². The Bertz CT molecular complexity index is 582. The highest BCUT2D eigenvalue weighted by Gasteiger charge is 2.12. The van der Waals surface area contributed by atoms with Gasteiger partial charge in [0, 0.05) is 29.8 Å². The number of hydrogen-bond donors (Lipinski definition) is 1. The van der Waals surface area contributed by atoms with E-state index in [1.807, 2.05) is 26.1 Å². The third-order valence-electron chi connectivity index (χ3n) is 3.22. The normalized spacial score (nSPS) is 12.2. The summed E-state index contributed by atoms with van der Waals surface area (Å²) in [6, 6.07) is 12.7. The van der Waals surface area contributed by atoms with E-state index in [9.17, 15) is 4.39 Å². The van der Waals surface area contributed by atoms with Crippen LogP contribution in [0, 0.1) is 5.82 Å². The second-order valence-corrected chi connectivity index (χ2v) is 5.89. The molecule has 0 aliphatic heterocycles. The standard InChI is InChI=1S/C16H18BrFN2/c1-11(19)15-9-14(18)7-8-16(15)20(2)10-12-3-5-13(17)6-4-12/h3-9,11H,10,19H2,1-2H3/t11-/m0/s1. The highest BCUT2D eigenvalue weighted by atomic mass is 79.9. The van der Waals surface area contributed by atoms with Gasteiger partial charge in [0.1, 0.15) is 5.82 Å². The van der Waals surface area contributed by atoms with Crippen molar-refractivity contribution in [2.75, 3.05) is 11.9 Å². The van der Waals surface area contributed by atoms with Crippen LogP contribution in [-0.2, 0) is 6.54 Å². The van der Waals surface area contributed by atoms with Crippen molar-refractivity contribution in [3.63, 3.8) is 0 Å². The first-order valence-electron chi connectivity index (χ1n) is 6.48. The molecule has 0 spiro atoms. The van der Waals surface area contributed by atoms with Gasteiger partial charge in [0.15, 0.2) is 0 Å². The quantitative estimate of drug-likeness (QED) is 0.904. The Hall–Kier alpha value is -1.39. The van der Waals surface area contributed by atoms with E-state index in [0.29, 0.717) is 0 Å². The highest BCUT2D eigenvalue weighted by molar-refractivity contribution is 9.10. The van der Waals surface area contributed by atoms with Gasteiger partial charge < -0.3 is 10.6 Å². The highest BCUT2D eigenvalue weighted by Crippen LogP contribution is 2.26. The van der Waals surface area contributed by atoms with Gasteiger partial charge >= 0.3 is 0 Å². The van der Waals surface area contributed by atoms with Crippen molar-refractivity contribution in [3.05, 3.63) is 63.9 Å². The molecule has 2 N–H and O–H groups in total. The van der Waals surface area contributed by atoms with Crippen LogP contribution in [0.2, 0.25) is 0 Å². The minimum absolute atomic E-state index is 0.201.